The molecule has 1 saturated heterocycles. The number of ether oxygens (including phenoxy) is 2. The lowest BCUT2D eigenvalue weighted by atomic mass is 10.0. The van der Waals surface area contributed by atoms with Gasteiger partial charge in [-0.15, -0.1) is 0 Å². The van der Waals surface area contributed by atoms with Crippen LogP contribution in [0.4, 0.5) is 4.79 Å². The van der Waals surface area contributed by atoms with E-state index in [1.807, 2.05) is 83.5 Å². The van der Waals surface area contributed by atoms with Crippen LogP contribution in [0.5, 0.6) is 5.88 Å². The van der Waals surface area contributed by atoms with Crippen molar-refractivity contribution in [2.24, 2.45) is 0 Å². The lowest BCUT2D eigenvalue weighted by molar-refractivity contribution is 0.0136. The van der Waals surface area contributed by atoms with Crippen LogP contribution >= 0.6 is 0 Å². The summed E-state index contributed by atoms with van der Waals surface area (Å²) >= 11 is 0. The van der Waals surface area contributed by atoms with Gasteiger partial charge < -0.3 is 14.4 Å². The first kappa shape index (κ1) is 29.9. The minimum Gasteiger partial charge on any atom is -0.476 e. The Kier molecular flexibility index (Phi) is 9.16. The predicted octanol–water partition coefficient (Wildman–Crippen LogP) is 5.96. The molecular formula is C33H39N7O3. The summed E-state index contributed by atoms with van der Waals surface area (Å²) < 4.78 is 13.2. The largest absolute Gasteiger partial charge is 0.476 e. The molecule has 0 atom stereocenters. The van der Waals surface area contributed by atoms with Crippen molar-refractivity contribution in [2.75, 3.05) is 39.3 Å². The van der Waals surface area contributed by atoms with Crippen LogP contribution in [-0.4, -0.2) is 85.4 Å². The van der Waals surface area contributed by atoms with Gasteiger partial charge in [0.05, 0.1) is 11.7 Å². The molecule has 10 heteroatoms. The second-order valence-electron chi connectivity index (χ2n) is 11.1. The van der Waals surface area contributed by atoms with E-state index in [0.29, 0.717) is 25.6 Å². The number of hydrogen-bond donors (Lipinski definition) is 0. The molecule has 0 N–H and O–H groups in total. The minimum absolute atomic E-state index is 0.248. The Hall–Kier alpha value is -4.57. The summed E-state index contributed by atoms with van der Waals surface area (Å²) in [6.45, 7) is 13.8. The standard InChI is InChI=1S/C31H33N7O3.C2H6/c1-31(2,3)41-30(39)37-14-12-36(13-15-37)16-17-40-28-10-9-22(18-33-28)23-19-34-29-26(20-35-38(29)21-23)24-6-4-8-27-25(24)7-5-11-32-27;1-2/h4-11,18-21H,12-17H2,1-3H3;1-2H3. The van der Waals surface area contributed by atoms with E-state index in [1.165, 1.54) is 0 Å². The molecule has 5 aromatic rings. The maximum Gasteiger partial charge on any atom is 0.410 e. The van der Waals surface area contributed by atoms with Crippen LogP contribution in [0.3, 0.4) is 0 Å². The van der Waals surface area contributed by atoms with Crippen LogP contribution < -0.4 is 4.74 Å². The van der Waals surface area contributed by atoms with Gasteiger partial charge in [0.1, 0.15) is 12.2 Å². The van der Waals surface area contributed by atoms with E-state index in [0.717, 1.165) is 58.4 Å². The number of hydrogen-bond acceptors (Lipinski definition) is 8. The number of nitrogens with zero attached hydrogens (tertiary/aromatic N) is 7. The van der Waals surface area contributed by atoms with Crippen molar-refractivity contribution in [3.63, 3.8) is 0 Å². The number of fused-ring (bicyclic) bond motifs is 2. The molecule has 0 aliphatic carbocycles. The van der Waals surface area contributed by atoms with Crippen molar-refractivity contribution in [3.05, 3.63) is 73.4 Å². The number of aromatic nitrogens is 5. The molecule has 1 amide bonds. The zero-order valence-corrected chi connectivity index (χ0v) is 25.5. The van der Waals surface area contributed by atoms with E-state index in [2.05, 4.69) is 32.1 Å². The summed E-state index contributed by atoms with van der Waals surface area (Å²) in [7, 11) is 0. The Balaban J connectivity index is 0.00000180. The number of amides is 1. The highest BCUT2D eigenvalue weighted by Crippen LogP contribution is 2.31. The van der Waals surface area contributed by atoms with Crippen LogP contribution in [0.2, 0.25) is 0 Å². The quantitative estimate of drug-likeness (QED) is 0.242. The third-order valence-electron chi connectivity index (χ3n) is 7.04. The van der Waals surface area contributed by atoms with E-state index in [1.54, 1.807) is 21.8 Å². The highest BCUT2D eigenvalue weighted by Gasteiger charge is 2.25. The predicted molar refractivity (Wildman–Crippen MR) is 168 cm³/mol. The summed E-state index contributed by atoms with van der Waals surface area (Å²) in [5.41, 5.74) is 5.10. The number of piperazine rings is 1. The topological polar surface area (TPSA) is 98.0 Å². The van der Waals surface area contributed by atoms with Gasteiger partial charge in [-0.1, -0.05) is 32.0 Å². The Morgan fingerprint density at radius 1 is 0.860 bits per heavy atom. The van der Waals surface area contributed by atoms with E-state index in [-0.39, 0.29) is 6.09 Å². The lowest BCUT2D eigenvalue weighted by Crippen LogP contribution is -2.50. The van der Waals surface area contributed by atoms with Crippen LogP contribution in [0.1, 0.15) is 34.6 Å². The fourth-order valence-electron chi connectivity index (χ4n) is 4.95. The Morgan fingerprint density at radius 2 is 1.65 bits per heavy atom. The van der Waals surface area contributed by atoms with Gasteiger partial charge in [-0.25, -0.2) is 19.3 Å². The molecule has 6 rings (SSSR count). The number of carbonyl (C=O) groups is 1. The average Bonchev–Trinajstić information content (AvgIpc) is 3.45. The Bertz CT molecular complexity index is 1660. The highest BCUT2D eigenvalue weighted by molar-refractivity contribution is 5.97. The minimum atomic E-state index is -0.479. The molecule has 0 spiro atoms. The lowest BCUT2D eigenvalue weighted by Gasteiger charge is -2.35. The number of benzene rings is 1. The molecule has 10 nitrogen and oxygen atoms in total. The zero-order valence-electron chi connectivity index (χ0n) is 25.5. The van der Waals surface area contributed by atoms with Gasteiger partial charge in [0, 0.05) is 85.7 Å². The first-order valence-corrected chi connectivity index (χ1v) is 14.8. The van der Waals surface area contributed by atoms with Gasteiger partial charge in [0.2, 0.25) is 5.88 Å². The van der Waals surface area contributed by atoms with Crippen LogP contribution in [0.15, 0.2) is 73.4 Å². The van der Waals surface area contributed by atoms with E-state index < -0.39 is 5.60 Å². The molecule has 1 aliphatic rings. The van der Waals surface area contributed by atoms with Crippen LogP contribution in [0, 0.1) is 0 Å². The first-order chi connectivity index (χ1) is 20.8. The molecule has 1 aromatic carbocycles. The van der Waals surface area contributed by atoms with Crippen molar-refractivity contribution < 1.29 is 14.3 Å². The molecule has 5 heterocycles. The van der Waals surface area contributed by atoms with E-state index >= 15 is 0 Å². The molecular weight excluding hydrogens is 542 g/mol. The van der Waals surface area contributed by atoms with Crippen LogP contribution in [0.25, 0.3) is 38.8 Å². The fourth-order valence-corrected chi connectivity index (χ4v) is 4.95. The van der Waals surface area contributed by atoms with Gasteiger partial charge in [-0.2, -0.15) is 5.10 Å². The first-order valence-electron chi connectivity index (χ1n) is 14.8. The van der Waals surface area contributed by atoms with Gasteiger partial charge in [0.25, 0.3) is 0 Å². The van der Waals surface area contributed by atoms with Gasteiger partial charge in [0.15, 0.2) is 5.65 Å². The average molecular weight is 582 g/mol. The second kappa shape index (κ2) is 13.2. The molecule has 1 aliphatic heterocycles. The van der Waals surface area contributed by atoms with Gasteiger partial charge >= 0.3 is 6.09 Å². The third kappa shape index (κ3) is 7.09. The van der Waals surface area contributed by atoms with Crippen molar-refractivity contribution in [3.8, 4) is 28.1 Å². The fraction of sp³-hybridized carbons (Fsp3) is 0.364. The second-order valence-corrected chi connectivity index (χ2v) is 11.1. The number of rotatable bonds is 6. The van der Waals surface area contributed by atoms with Crippen molar-refractivity contribution >= 4 is 22.6 Å². The maximum absolute atomic E-state index is 12.3. The zero-order chi connectivity index (χ0) is 30.4. The molecule has 43 heavy (non-hydrogen) atoms. The summed E-state index contributed by atoms with van der Waals surface area (Å²) in [6.07, 6.45) is 9.00. The van der Waals surface area contributed by atoms with Crippen molar-refractivity contribution in [1.82, 2.24) is 34.4 Å². The van der Waals surface area contributed by atoms with Gasteiger partial charge in [-0.05, 0) is 44.5 Å². The summed E-state index contributed by atoms with van der Waals surface area (Å²) in [5, 5.41) is 5.64. The number of carbonyl (C=O) groups excluding carboxylic acids is 1. The van der Waals surface area contributed by atoms with Gasteiger partial charge in [-0.3, -0.25) is 9.88 Å². The molecule has 1 fully saturated rings. The van der Waals surface area contributed by atoms with Crippen molar-refractivity contribution in [2.45, 2.75) is 40.2 Å². The monoisotopic (exact) mass is 581 g/mol. The smallest absolute Gasteiger partial charge is 0.410 e. The normalized spacial score (nSPS) is 13.9. The molecule has 4 aromatic heterocycles. The Morgan fingerprint density at radius 3 is 2.40 bits per heavy atom. The molecule has 0 unspecified atom stereocenters. The molecule has 0 radical (unpaired) electrons. The summed E-state index contributed by atoms with van der Waals surface area (Å²) in [4.78, 5) is 30.0. The Labute approximate surface area is 252 Å². The van der Waals surface area contributed by atoms with Crippen molar-refractivity contribution in [1.29, 1.82) is 0 Å². The number of pyridine rings is 2. The highest BCUT2D eigenvalue weighted by atomic mass is 16.6. The molecule has 0 bridgehead atoms. The molecule has 224 valence electrons. The third-order valence-corrected chi connectivity index (χ3v) is 7.04. The van der Waals surface area contributed by atoms with Crippen LogP contribution in [-0.2, 0) is 4.74 Å². The maximum atomic E-state index is 12.3. The molecule has 0 saturated carbocycles. The van der Waals surface area contributed by atoms with E-state index in [4.69, 9.17) is 14.5 Å². The SMILES string of the molecule is CC.CC(C)(C)OC(=O)N1CCN(CCOc2ccc(-c3cnc4c(-c5cccc6ncccc56)cnn4c3)cn2)CC1. The summed E-state index contributed by atoms with van der Waals surface area (Å²) in [5.74, 6) is 0.570. The van der Waals surface area contributed by atoms with E-state index in [9.17, 15) is 4.79 Å². The summed E-state index contributed by atoms with van der Waals surface area (Å²) in [6, 6.07) is 13.9.